The molecule has 1 aromatic heterocycles. The van der Waals surface area contributed by atoms with Crippen molar-refractivity contribution in [1.82, 2.24) is 10.2 Å². The molecule has 1 atom stereocenters. The van der Waals surface area contributed by atoms with Gasteiger partial charge in [0.05, 0.1) is 5.69 Å². The second kappa shape index (κ2) is 3.00. The molecule has 0 aromatic carbocycles. The van der Waals surface area contributed by atoms with Crippen LogP contribution >= 0.6 is 0 Å². The van der Waals surface area contributed by atoms with Crippen molar-refractivity contribution in [2.75, 3.05) is 0 Å². The average molecular weight is 140 g/mol. The average Bonchev–Trinajstić information content (AvgIpc) is 2.38. The van der Waals surface area contributed by atoms with Crippen LogP contribution in [0.5, 0.6) is 0 Å². The van der Waals surface area contributed by atoms with Gasteiger partial charge >= 0.3 is 0 Å². The number of H-pyrrole nitrogens is 1. The topological polar surface area (TPSA) is 55.0 Å². The van der Waals surface area contributed by atoms with Crippen LogP contribution < -0.4 is 0 Å². The van der Waals surface area contributed by atoms with Gasteiger partial charge in [-0.25, -0.2) is 0 Å². The highest BCUT2D eigenvalue weighted by Gasteiger charge is 2.04. The van der Waals surface area contributed by atoms with Gasteiger partial charge in [-0.3, -0.25) is 9.89 Å². The molecule has 1 aromatic rings. The number of carbonyl (C=O) groups excluding carboxylic acids is 1. The summed E-state index contributed by atoms with van der Waals surface area (Å²) in [4.78, 5) is 9.85. The maximum atomic E-state index is 9.85. The third-order valence-corrected chi connectivity index (χ3v) is 1.22. The van der Waals surface area contributed by atoms with E-state index in [1.165, 1.54) is 0 Å². The van der Waals surface area contributed by atoms with E-state index < -0.39 is 0 Å². The number of nitrogens with zero attached hydrogens (tertiary/aromatic N) is 1. The lowest BCUT2D eigenvalue weighted by Gasteiger charge is -2.04. The summed E-state index contributed by atoms with van der Waals surface area (Å²) in [7, 11) is 0. The summed E-state index contributed by atoms with van der Waals surface area (Å²) < 4.78 is 4.63. The summed E-state index contributed by atoms with van der Waals surface area (Å²) in [5.41, 5.74) is 0.798. The molecule has 0 aliphatic carbocycles. The van der Waals surface area contributed by atoms with E-state index in [1.54, 1.807) is 19.2 Å². The number of hydrogen-bond donors (Lipinski definition) is 1. The van der Waals surface area contributed by atoms with Crippen LogP contribution in [0.15, 0.2) is 12.3 Å². The summed E-state index contributed by atoms with van der Waals surface area (Å²) in [6.45, 7) is 2.19. The Labute approximate surface area is 58.2 Å². The first-order chi connectivity index (χ1) is 4.84. The van der Waals surface area contributed by atoms with Gasteiger partial charge in [-0.15, -0.1) is 0 Å². The molecule has 4 heteroatoms. The van der Waals surface area contributed by atoms with Gasteiger partial charge in [0, 0.05) is 6.20 Å². The van der Waals surface area contributed by atoms with Gasteiger partial charge in [0.15, 0.2) is 0 Å². The van der Waals surface area contributed by atoms with Crippen LogP contribution in [0.1, 0.15) is 18.7 Å². The van der Waals surface area contributed by atoms with Crippen molar-refractivity contribution in [1.29, 1.82) is 0 Å². The van der Waals surface area contributed by atoms with Crippen LogP contribution in [0.25, 0.3) is 0 Å². The molecule has 0 fully saturated rings. The number of rotatable bonds is 3. The number of carbonyl (C=O) groups is 1. The molecular formula is C6H8N2O2. The van der Waals surface area contributed by atoms with E-state index in [9.17, 15) is 4.79 Å². The lowest BCUT2D eigenvalue weighted by Crippen LogP contribution is -1.97. The number of hydrogen-bond acceptors (Lipinski definition) is 3. The zero-order valence-corrected chi connectivity index (χ0v) is 5.57. The lowest BCUT2D eigenvalue weighted by molar-refractivity contribution is -0.133. The van der Waals surface area contributed by atoms with Crippen molar-refractivity contribution in [2.45, 2.75) is 13.0 Å². The predicted molar refractivity (Wildman–Crippen MR) is 34.2 cm³/mol. The van der Waals surface area contributed by atoms with Crippen LogP contribution in [0.2, 0.25) is 0 Å². The highest BCUT2D eigenvalue weighted by molar-refractivity contribution is 5.37. The van der Waals surface area contributed by atoms with Gasteiger partial charge in [-0.1, -0.05) is 0 Å². The fourth-order valence-corrected chi connectivity index (χ4v) is 0.650. The molecule has 0 spiro atoms. The third-order valence-electron chi connectivity index (χ3n) is 1.22. The quantitative estimate of drug-likeness (QED) is 0.627. The molecule has 54 valence electrons. The molecular weight excluding hydrogens is 132 g/mol. The minimum absolute atomic E-state index is 0.236. The molecule has 1 rings (SSSR count). The fraction of sp³-hybridized carbons (Fsp3) is 0.333. The monoisotopic (exact) mass is 140 g/mol. The highest BCUT2D eigenvalue weighted by atomic mass is 16.5. The summed E-state index contributed by atoms with van der Waals surface area (Å²) in [5, 5.41) is 6.39. The molecule has 1 heterocycles. The van der Waals surface area contributed by atoms with Gasteiger partial charge in [-0.2, -0.15) is 5.10 Å². The zero-order chi connectivity index (χ0) is 7.40. The van der Waals surface area contributed by atoms with Crippen LogP contribution in [-0.2, 0) is 9.53 Å². The van der Waals surface area contributed by atoms with Crippen molar-refractivity contribution in [2.24, 2.45) is 0 Å². The molecule has 4 nitrogen and oxygen atoms in total. The maximum Gasteiger partial charge on any atom is 0.293 e. The van der Waals surface area contributed by atoms with Gasteiger partial charge in [0.25, 0.3) is 6.47 Å². The molecule has 0 aliphatic heterocycles. The molecule has 1 N–H and O–H groups in total. The normalized spacial score (nSPS) is 12.5. The zero-order valence-electron chi connectivity index (χ0n) is 5.57. The van der Waals surface area contributed by atoms with Gasteiger partial charge < -0.3 is 4.74 Å². The Hall–Kier alpha value is -1.32. The number of aromatic amines is 1. The Balaban J connectivity index is 2.58. The summed E-state index contributed by atoms with van der Waals surface area (Å²) in [6.07, 6.45) is 1.37. The van der Waals surface area contributed by atoms with Gasteiger partial charge in [0.1, 0.15) is 6.10 Å². The minimum atomic E-state index is -0.236. The second-order valence-electron chi connectivity index (χ2n) is 1.89. The molecule has 0 aliphatic rings. The van der Waals surface area contributed by atoms with E-state index in [0.717, 1.165) is 5.69 Å². The van der Waals surface area contributed by atoms with E-state index in [-0.39, 0.29) is 6.10 Å². The Bertz CT molecular complexity index is 196. The Morgan fingerprint density at radius 2 is 2.70 bits per heavy atom. The fourth-order valence-electron chi connectivity index (χ4n) is 0.650. The first-order valence-corrected chi connectivity index (χ1v) is 2.93. The molecule has 10 heavy (non-hydrogen) atoms. The lowest BCUT2D eigenvalue weighted by atomic mass is 10.3. The molecule has 0 saturated heterocycles. The maximum absolute atomic E-state index is 9.85. The SMILES string of the molecule is CC(OC=O)c1ccn[nH]1. The number of aromatic nitrogens is 2. The third kappa shape index (κ3) is 1.34. The van der Waals surface area contributed by atoms with Crippen LogP contribution in [0, 0.1) is 0 Å². The largest absolute Gasteiger partial charge is 0.458 e. The Kier molecular flexibility index (Phi) is 2.04. The van der Waals surface area contributed by atoms with Crippen molar-refractivity contribution in [3.8, 4) is 0 Å². The Morgan fingerprint density at radius 3 is 3.20 bits per heavy atom. The van der Waals surface area contributed by atoms with Gasteiger partial charge in [-0.05, 0) is 13.0 Å². The molecule has 0 bridgehead atoms. The molecule has 1 unspecified atom stereocenters. The van der Waals surface area contributed by atoms with Crippen LogP contribution in [0.3, 0.4) is 0 Å². The summed E-state index contributed by atoms with van der Waals surface area (Å²) in [6, 6.07) is 1.76. The standard InChI is InChI=1S/C6H8N2O2/c1-5(10-4-9)6-2-3-7-8-6/h2-5H,1H3,(H,7,8). The Morgan fingerprint density at radius 1 is 1.90 bits per heavy atom. The van der Waals surface area contributed by atoms with Crippen LogP contribution in [0.4, 0.5) is 0 Å². The van der Waals surface area contributed by atoms with Crippen molar-refractivity contribution in [3.63, 3.8) is 0 Å². The second-order valence-corrected chi connectivity index (χ2v) is 1.89. The van der Waals surface area contributed by atoms with E-state index in [2.05, 4.69) is 14.9 Å². The first-order valence-electron chi connectivity index (χ1n) is 2.93. The van der Waals surface area contributed by atoms with Crippen molar-refractivity contribution < 1.29 is 9.53 Å². The predicted octanol–water partition coefficient (Wildman–Crippen LogP) is 0.644. The molecule has 0 radical (unpaired) electrons. The van der Waals surface area contributed by atoms with Crippen molar-refractivity contribution >= 4 is 6.47 Å². The van der Waals surface area contributed by atoms with E-state index in [0.29, 0.717) is 6.47 Å². The van der Waals surface area contributed by atoms with Crippen molar-refractivity contribution in [3.05, 3.63) is 18.0 Å². The molecule has 0 amide bonds. The molecule has 0 saturated carbocycles. The van der Waals surface area contributed by atoms with Crippen LogP contribution in [-0.4, -0.2) is 16.7 Å². The van der Waals surface area contributed by atoms with E-state index in [4.69, 9.17) is 0 Å². The number of nitrogens with one attached hydrogen (secondary N) is 1. The van der Waals surface area contributed by atoms with Gasteiger partial charge in [0.2, 0.25) is 0 Å². The van der Waals surface area contributed by atoms with E-state index >= 15 is 0 Å². The summed E-state index contributed by atoms with van der Waals surface area (Å²) >= 11 is 0. The summed E-state index contributed by atoms with van der Waals surface area (Å²) in [5.74, 6) is 0. The smallest absolute Gasteiger partial charge is 0.293 e. The minimum Gasteiger partial charge on any atom is -0.458 e. The highest BCUT2D eigenvalue weighted by Crippen LogP contribution is 2.10. The first kappa shape index (κ1) is 6.80. The van der Waals surface area contributed by atoms with E-state index in [1.807, 2.05) is 0 Å². The number of ether oxygens (including phenoxy) is 1.